The van der Waals surface area contributed by atoms with Gasteiger partial charge >= 0.3 is 0 Å². The molecule has 0 saturated carbocycles. The van der Waals surface area contributed by atoms with Crippen LogP contribution in [0.4, 0.5) is 0 Å². The minimum absolute atomic E-state index is 0.185. The Morgan fingerprint density at radius 1 is 0.920 bits per heavy atom. The molecule has 0 aliphatic rings. The first-order chi connectivity index (χ1) is 12.1. The minimum atomic E-state index is -0.185. The van der Waals surface area contributed by atoms with Crippen molar-refractivity contribution in [3.8, 4) is 0 Å². The van der Waals surface area contributed by atoms with Crippen molar-refractivity contribution in [2.75, 3.05) is 7.11 Å². The van der Waals surface area contributed by atoms with E-state index in [4.69, 9.17) is 4.74 Å². The highest BCUT2D eigenvalue weighted by atomic mass is 16.5. The van der Waals surface area contributed by atoms with Crippen molar-refractivity contribution in [1.29, 1.82) is 0 Å². The maximum atomic E-state index is 5.94. The standard InChI is InChI=1S/C18H27NO.C3H8.C2H6/c1-6-13-11-10-12-15-14(7-2)17(19-16(13)15)18(8-3,9-4)20-5;1-3-2;1-2/h10-12,19H,6-9H2,1-5H3;3H2,1-2H3;1-2H3. The third-order valence-corrected chi connectivity index (χ3v) is 4.75. The van der Waals surface area contributed by atoms with Crippen LogP contribution in [0, 0.1) is 0 Å². The summed E-state index contributed by atoms with van der Waals surface area (Å²) in [6, 6.07) is 6.62. The Kier molecular flexibility index (Phi) is 11.5. The van der Waals surface area contributed by atoms with E-state index >= 15 is 0 Å². The molecule has 0 atom stereocenters. The van der Waals surface area contributed by atoms with Crippen LogP contribution in [0.3, 0.4) is 0 Å². The lowest BCUT2D eigenvalue weighted by atomic mass is 9.89. The summed E-state index contributed by atoms with van der Waals surface area (Å²) in [6.07, 6.45) is 5.31. The predicted octanol–water partition coefficient (Wildman–Crippen LogP) is 7.40. The van der Waals surface area contributed by atoms with Gasteiger partial charge < -0.3 is 9.72 Å². The van der Waals surface area contributed by atoms with Gasteiger partial charge in [0.15, 0.2) is 0 Å². The first-order valence-corrected chi connectivity index (χ1v) is 10.3. The van der Waals surface area contributed by atoms with Crippen LogP contribution >= 0.6 is 0 Å². The molecule has 0 unspecified atom stereocenters. The summed E-state index contributed by atoms with van der Waals surface area (Å²) >= 11 is 0. The summed E-state index contributed by atoms with van der Waals surface area (Å²) in [6.45, 7) is 17.1. The molecular weight excluding hydrogens is 306 g/mol. The number of para-hydroxylation sites is 1. The van der Waals surface area contributed by atoms with E-state index in [0.717, 1.165) is 25.7 Å². The highest BCUT2D eigenvalue weighted by Crippen LogP contribution is 2.38. The minimum Gasteiger partial charge on any atom is -0.372 e. The van der Waals surface area contributed by atoms with Gasteiger partial charge in [-0.2, -0.15) is 0 Å². The molecule has 1 aromatic heterocycles. The summed E-state index contributed by atoms with van der Waals surface area (Å²) in [5, 5.41) is 1.37. The molecular formula is C23H41NO. The molecule has 0 bridgehead atoms. The number of hydrogen-bond donors (Lipinski definition) is 1. The monoisotopic (exact) mass is 347 g/mol. The number of nitrogens with one attached hydrogen (secondary N) is 1. The molecule has 2 nitrogen and oxygen atoms in total. The van der Waals surface area contributed by atoms with Crippen LogP contribution in [0.5, 0.6) is 0 Å². The van der Waals surface area contributed by atoms with Crippen molar-refractivity contribution in [3.05, 3.63) is 35.0 Å². The van der Waals surface area contributed by atoms with Crippen LogP contribution in [0.25, 0.3) is 10.9 Å². The van der Waals surface area contributed by atoms with Gasteiger partial charge in [0.25, 0.3) is 0 Å². The molecule has 144 valence electrons. The van der Waals surface area contributed by atoms with Crippen LogP contribution < -0.4 is 0 Å². The highest BCUT2D eigenvalue weighted by molar-refractivity contribution is 5.87. The van der Waals surface area contributed by atoms with Gasteiger partial charge in [-0.15, -0.1) is 0 Å². The van der Waals surface area contributed by atoms with Gasteiger partial charge in [0.2, 0.25) is 0 Å². The number of methoxy groups -OCH3 is 1. The van der Waals surface area contributed by atoms with Crippen molar-refractivity contribution in [1.82, 2.24) is 4.98 Å². The number of benzene rings is 1. The van der Waals surface area contributed by atoms with E-state index < -0.39 is 0 Å². The molecule has 2 aromatic rings. The number of hydrogen-bond acceptors (Lipinski definition) is 1. The van der Waals surface area contributed by atoms with Gasteiger partial charge in [-0.3, -0.25) is 0 Å². The Morgan fingerprint density at radius 3 is 1.88 bits per heavy atom. The third-order valence-electron chi connectivity index (χ3n) is 4.75. The van der Waals surface area contributed by atoms with Crippen molar-refractivity contribution in [2.24, 2.45) is 0 Å². The lowest BCUT2D eigenvalue weighted by Crippen LogP contribution is -2.28. The van der Waals surface area contributed by atoms with Gasteiger partial charge in [0, 0.05) is 18.0 Å². The molecule has 1 aromatic carbocycles. The second kappa shape index (κ2) is 12.1. The Hall–Kier alpha value is -1.28. The van der Waals surface area contributed by atoms with E-state index in [1.807, 2.05) is 21.0 Å². The van der Waals surface area contributed by atoms with E-state index in [1.54, 1.807) is 0 Å². The van der Waals surface area contributed by atoms with Gasteiger partial charge in [-0.25, -0.2) is 0 Å². The number of aryl methyl sites for hydroxylation is 2. The van der Waals surface area contributed by atoms with Gasteiger partial charge in [0.1, 0.15) is 5.60 Å². The number of H-pyrrole nitrogens is 1. The topological polar surface area (TPSA) is 25.0 Å². The first kappa shape index (κ1) is 23.7. The van der Waals surface area contributed by atoms with Crippen LogP contribution in [-0.4, -0.2) is 12.1 Å². The predicted molar refractivity (Wildman–Crippen MR) is 114 cm³/mol. The van der Waals surface area contributed by atoms with Crippen molar-refractivity contribution >= 4 is 10.9 Å². The fourth-order valence-corrected chi connectivity index (χ4v) is 3.38. The Balaban J connectivity index is 0.00000104. The van der Waals surface area contributed by atoms with Crippen LogP contribution in [0.1, 0.15) is 91.5 Å². The summed E-state index contributed by atoms with van der Waals surface area (Å²) in [5.74, 6) is 0. The Morgan fingerprint density at radius 2 is 1.48 bits per heavy atom. The van der Waals surface area contributed by atoms with E-state index in [0.29, 0.717) is 0 Å². The zero-order chi connectivity index (χ0) is 19.5. The zero-order valence-electron chi connectivity index (χ0n) is 18.2. The fraction of sp³-hybridized carbons (Fsp3) is 0.652. The zero-order valence-corrected chi connectivity index (χ0v) is 18.2. The quantitative estimate of drug-likeness (QED) is 0.578. The molecule has 0 fully saturated rings. The number of fused-ring (bicyclic) bond motifs is 1. The molecule has 25 heavy (non-hydrogen) atoms. The normalized spacial score (nSPS) is 10.8. The maximum Gasteiger partial charge on any atom is 0.107 e. The molecule has 0 radical (unpaired) electrons. The van der Waals surface area contributed by atoms with Crippen LogP contribution in [0.15, 0.2) is 18.2 Å². The average molecular weight is 348 g/mol. The molecule has 1 heterocycles. The summed E-state index contributed by atoms with van der Waals surface area (Å²) in [4.78, 5) is 3.70. The third kappa shape index (κ3) is 5.10. The van der Waals surface area contributed by atoms with E-state index in [9.17, 15) is 0 Å². The van der Waals surface area contributed by atoms with Gasteiger partial charge in [0.05, 0.1) is 5.69 Å². The molecule has 0 spiro atoms. The first-order valence-electron chi connectivity index (χ1n) is 10.3. The highest BCUT2D eigenvalue weighted by Gasteiger charge is 2.32. The number of ether oxygens (including phenoxy) is 1. The maximum absolute atomic E-state index is 5.94. The molecule has 0 aliphatic heterocycles. The fourth-order valence-electron chi connectivity index (χ4n) is 3.38. The van der Waals surface area contributed by atoms with E-state index in [1.165, 1.54) is 34.1 Å². The lowest BCUT2D eigenvalue weighted by Gasteiger charge is -2.30. The van der Waals surface area contributed by atoms with E-state index in [2.05, 4.69) is 64.7 Å². The van der Waals surface area contributed by atoms with Crippen LogP contribution in [0.2, 0.25) is 0 Å². The summed E-state index contributed by atoms with van der Waals surface area (Å²) < 4.78 is 5.94. The molecule has 0 saturated heterocycles. The SMILES string of the molecule is CC.CCC.CCc1c(C(CC)(CC)OC)[nH]c2c(CC)cccc12. The molecule has 2 heteroatoms. The number of aromatic amines is 1. The smallest absolute Gasteiger partial charge is 0.107 e. The molecule has 2 rings (SSSR count). The molecule has 0 amide bonds. The van der Waals surface area contributed by atoms with Gasteiger partial charge in [-0.1, -0.05) is 80.0 Å². The number of rotatable bonds is 6. The summed E-state index contributed by atoms with van der Waals surface area (Å²) in [5.41, 5.74) is 5.20. The lowest BCUT2D eigenvalue weighted by molar-refractivity contribution is -0.0253. The average Bonchev–Trinajstić information content (AvgIpc) is 3.05. The largest absolute Gasteiger partial charge is 0.372 e. The van der Waals surface area contributed by atoms with Crippen molar-refractivity contribution in [2.45, 2.75) is 93.1 Å². The second-order valence-electron chi connectivity index (χ2n) is 6.14. The van der Waals surface area contributed by atoms with Crippen molar-refractivity contribution < 1.29 is 4.74 Å². The Labute approximate surface area is 156 Å². The molecule has 1 N–H and O–H groups in total. The van der Waals surface area contributed by atoms with Gasteiger partial charge in [-0.05, 0) is 36.8 Å². The van der Waals surface area contributed by atoms with Crippen molar-refractivity contribution in [3.63, 3.8) is 0 Å². The molecule has 0 aliphatic carbocycles. The number of aromatic nitrogens is 1. The summed E-state index contributed by atoms with van der Waals surface area (Å²) in [7, 11) is 1.83. The second-order valence-corrected chi connectivity index (χ2v) is 6.14. The van der Waals surface area contributed by atoms with Crippen LogP contribution in [-0.2, 0) is 23.2 Å². The Bertz CT molecular complexity index is 585. The van der Waals surface area contributed by atoms with E-state index in [-0.39, 0.29) is 5.60 Å².